The summed E-state index contributed by atoms with van der Waals surface area (Å²) < 4.78 is 37.1. The van der Waals surface area contributed by atoms with Crippen LogP contribution < -0.4 is 10.5 Å². The molecule has 1 amide bonds. The van der Waals surface area contributed by atoms with Crippen LogP contribution in [-0.4, -0.2) is 25.9 Å². The van der Waals surface area contributed by atoms with Gasteiger partial charge in [-0.2, -0.15) is 0 Å². The van der Waals surface area contributed by atoms with Crippen molar-refractivity contribution < 1.29 is 23.1 Å². The molecule has 22 heavy (non-hydrogen) atoms. The second-order valence-corrected chi connectivity index (χ2v) is 6.32. The molecule has 0 saturated heterocycles. The summed E-state index contributed by atoms with van der Waals surface area (Å²) in [5, 5.41) is 9.84. The lowest BCUT2D eigenvalue weighted by Crippen LogP contribution is -2.46. The number of benzene rings is 1. The summed E-state index contributed by atoms with van der Waals surface area (Å²) >= 11 is -2.48. The predicted molar refractivity (Wildman–Crippen MR) is 77.5 cm³/mol. The van der Waals surface area contributed by atoms with Gasteiger partial charge >= 0.3 is 0 Å². The minimum absolute atomic E-state index is 0.170. The number of hydrogen-bond donors (Lipinski definition) is 3. The van der Waals surface area contributed by atoms with E-state index in [9.17, 15) is 23.1 Å². The van der Waals surface area contributed by atoms with Crippen molar-refractivity contribution in [3.63, 3.8) is 0 Å². The molecule has 0 radical (unpaired) electrons. The van der Waals surface area contributed by atoms with E-state index in [4.69, 9.17) is 5.73 Å². The van der Waals surface area contributed by atoms with Crippen molar-refractivity contribution in [1.29, 1.82) is 0 Å². The van der Waals surface area contributed by atoms with Crippen LogP contribution in [0.1, 0.15) is 36.8 Å². The molecule has 1 aromatic carbocycles. The van der Waals surface area contributed by atoms with Crippen molar-refractivity contribution in [1.82, 2.24) is 4.72 Å². The Labute approximate surface area is 130 Å². The number of carbonyl (C=O) groups excluding carboxylic acids is 1. The van der Waals surface area contributed by atoms with Gasteiger partial charge in [-0.25, -0.2) is 9.11 Å². The minimum Gasteiger partial charge on any atom is -0.760 e. The highest BCUT2D eigenvalue weighted by molar-refractivity contribution is 7.77. The Morgan fingerprint density at radius 2 is 2.32 bits per heavy atom. The fourth-order valence-corrected chi connectivity index (χ4v) is 3.27. The van der Waals surface area contributed by atoms with Gasteiger partial charge in [0.2, 0.25) is 5.91 Å². The fourth-order valence-electron chi connectivity index (χ4n) is 3.00. The van der Waals surface area contributed by atoms with Crippen LogP contribution in [0.15, 0.2) is 18.2 Å². The van der Waals surface area contributed by atoms with Crippen LogP contribution in [0.3, 0.4) is 0 Å². The molecule has 3 atom stereocenters. The molecule has 0 spiro atoms. The summed E-state index contributed by atoms with van der Waals surface area (Å²) in [4.78, 5) is 11.9. The van der Waals surface area contributed by atoms with Gasteiger partial charge in [-0.1, -0.05) is 12.1 Å². The summed E-state index contributed by atoms with van der Waals surface area (Å²) in [5.41, 5.74) is 5.03. The lowest BCUT2D eigenvalue weighted by Gasteiger charge is -2.37. The van der Waals surface area contributed by atoms with Crippen molar-refractivity contribution >= 4 is 17.2 Å². The first kappa shape index (κ1) is 17.0. The van der Waals surface area contributed by atoms with Crippen LogP contribution >= 0.6 is 0 Å². The maximum Gasteiger partial charge on any atom is 0.228 e. The van der Waals surface area contributed by atoms with Gasteiger partial charge in [0.25, 0.3) is 0 Å². The number of hydrogen-bond acceptors (Lipinski definition) is 4. The number of aliphatic hydroxyl groups excluding tert-OH is 1. The van der Waals surface area contributed by atoms with Crippen LogP contribution in [-0.2, 0) is 28.0 Å². The summed E-state index contributed by atoms with van der Waals surface area (Å²) in [6.07, 6.45) is 1.21. The van der Waals surface area contributed by atoms with Crippen molar-refractivity contribution in [3.8, 4) is 0 Å². The Kier molecular flexibility index (Phi) is 5.28. The molecule has 0 heterocycles. The first-order valence-electron chi connectivity index (χ1n) is 6.95. The summed E-state index contributed by atoms with van der Waals surface area (Å²) in [7, 11) is 0. The molecule has 122 valence electrons. The van der Waals surface area contributed by atoms with Gasteiger partial charge in [0.15, 0.2) is 0 Å². The van der Waals surface area contributed by atoms with Gasteiger partial charge in [0, 0.05) is 23.4 Å². The van der Waals surface area contributed by atoms with E-state index in [0.717, 1.165) is 0 Å². The Bertz CT molecular complexity index is 598. The third kappa shape index (κ3) is 3.52. The smallest absolute Gasteiger partial charge is 0.228 e. The number of primary amides is 1. The molecule has 6 nitrogen and oxygen atoms in total. The molecule has 1 saturated carbocycles. The molecule has 0 aromatic heterocycles. The maximum absolute atomic E-state index is 14.1. The summed E-state index contributed by atoms with van der Waals surface area (Å²) in [6.45, 7) is -0.172. The zero-order valence-electron chi connectivity index (χ0n) is 11.9. The van der Waals surface area contributed by atoms with Gasteiger partial charge in [-0.05, 0) is 37.3 Å². The van der Waals surface area contributed by atoms with Crippen LogP contribution in [0.4, 0.5) is 4.39 Å². The zero-order chi connectivity index (χ0) is 16.3. The number of rotatable bonds is 5. The van der Waals surface area contributed by atoms with Crippen LogP contribution in [0.25, 0.3) is 0 Å². The monoisotopic (exact) mass is 329 g/mol. The lowest BCUT2D eigenvalue weighted by atomic mass is 9.68. The molecule has 1 aliphatic rings. The second-order valence-electron chi connectivity index (χ2n) is 5.56. The van der Waals surface area contributed by atoms with E-state index in [1.54, 1.807) is 6.07 Å². The van der Waals surface area contributed by atoms with E-state index in [2.05, 4.69) is 4.72 Å². The Morgan fingerprint density at radius 3 is 2.86 bits per heavy atom. The minimum atomic E-state index is -2.48. The van der Waals surface area contributed by atoms with Gasteiger partial charge in [-0.15, -0.1) is 0 Å². The molecule has 0 bridgehead atoms. The van der Waals surface area contributed by atoms with E-state index >= 15 is 0 Å². The molecular weight excluding hydrogens is 311 g/mol. The third-order valence-electron chi connectivity index (χ3n) is 4.18. The number of carbonyl (C=O) groups is 1. The normalized spacial score (nSPS) is 26.6. The number of halogens is 1. The van der Waals surface area contributed by atoms with Crippen LogP contribution in [0.5, 0.6) is 0 Å². The predicted octanol–water partition coefficient (Wildman–Crippen LogP) is 0.367. The highest BCUT2D eigenvalue weighted by Gasteiger charge is 2.42. The molecule has 8 heteroatoms. The quantitative estimate of drug-likeness (QED) is 0.677. The number of nitrogens with one attached hydrogen (secondary N) is 1. The molecule has 0 aliphatic heterocycles. The summed E-state index contributed by atoms with van der Waals surface area (Å²) in [5.74, 6) is -1.20. The average Bonchev–Trinajstić information content (AvgIpc) is 2.45. The number of nitrogens with two attached hydrogens (primary N) is 1. The van der Waals surface area contributed by atoms with E-state index in [-0.39, 0.29) is 18.5 Å². The highest BCUT2D eigenvalue weighted by atomic mass is 32.2. The zero-order valence-corrected chi connectivity index (χ0v) is 12.7. The third-order valence-corrected chi connectivity index (χ3v) is 4.56. The van der Waals surface area contributed by atoms with Gasteiger partial charge < -0.3 is 15.4 Å². The maximum atomic E-state index is 14.1. The van der Waals surface area contributed by atoms with E-state index in [1.165, 1.54) is 12.1 Å². The highest BCUT2D eigenvalue weighted by Crippen LogP contribution is 2.39. The molecule has 1 aliphatic carbocycles. The second kappa shape index (κ2) is 6.82. The van der Waals surface area contributed by atoms with E-state index in [1.807, 2.05) is 0 Å². The van der Waals surface area contributed by atoms with Crippen LogP contribution in [0, 0.1) is 5.82 Å². The molecule has 2 rings (SSSR count). The fraction of sp³-hybridized carbons (Fsp3) is 0.500. The molecular formula is C14H18FN2O4S-. The van der Waals surface area contributed by atoms with Gasteiger partial charge in [-0.3, -0.25) is 9.00 Å². The van der Waals surface area contributed by atoms with Crippen LogP contribution in [0.2, 0.25) is 0 Å². The van der Waals surface area contributed by atoms with E-state index in [0.29, 0.717) is 24.8 Å². The average molecular weight is 329 g/mol. The molecule has 1 aromatic rings. The molecule has 1 fully saturated rings. The topological polar surface area (TPSA) is 115 Å². The van der Waals surface area contributed by atoms with Gasteiger partial charge in [0.1, 0.15) is 5.82 Å². The largest absolute Gasteiger partial charge is 0.760 e. The Balaban J connectivity index is 2.31. The SMILES string of the molecule is NC(=O)C1(c2ccc(CNS(=O)[O-])c(F)c2)CCCC(O)C1. The number of aliphatic hydroxyl groups is 1. The molecule has 3 unspecified atom stereocenters. The number of amides is 1. The van der Waals surface area contributed by atoms with Crippen molar-refractivity contribution in [3.05, 3.63) is 35.1 Å². The summed E-state index contributed by atoms with van der Waals surface area (Å²) in [6, 6.07) is 4.19. The van der Waals surface area contributed by atoms with E-state index < -0.39 is 34.5 Å². The lowest BCUT2D eigenvalue weighted by molar-refractivity contribution is -0.126. The van der Waals surface area contributed by atoms with Gasteiger partial charge in [0.05, 0.1) is 11.5 Å². The first-order chi connectivity index (χ1) is 10.3. The molecule has 4 N–H and O–H groups in total. The Morgan fingerprint density at radius 1 is 1.59 bits per heavy atom. The van der Waals surface area contributed by atoms with Crippen molar-refractivity contribution in [2.45, 2.75) is 43.7 Å². The van der Waals surface area contributed by atoms with Crippen molar-refractivity contribution in [2.75, 3.05) is 0 Å². The first-order valence-corrected chi connectivity index (χ1v) is 8.02. The standard InChI is InChI=1S/C14H19FN2O4S/c15-12-6-10(4-3-9(12)8-17-22(20)21)14(13(16)19)5-1-2-11(18)7-14/h3-4,6,11,17-18H,1-2,5,7-8H2,(H2,16,19)(H,20,21)/p-1. The Hall–Kier alpha value is -1.35. The van der Waals surface area contributed by atoms with Crippen molar-refractivity contribution in [2.24, 2.45) is 5.73 Å².